The van der Waals surface area contributed by atoms with Gasteiger partial charge in [0.25, 0.3) is 0 Å². The highest BCUT2D eigenvalue weighted by molar-refractivity contribution is 7.91. The second kappa shape index (κ2) is 7.15. The van der Waals surface area contributed by atoms with Gasteiger partial charge in [0.05, 0.1) is 18.6 Å². The average Bonchev–Trinajstić information content (AvgIpc) is 2.47. The van der Waals surface area contributed by atoms with Crippen LogP contribution in [0.5, 0.6) is 5.75 Å². The van der Waals surface area contributed by atoms with Crippen molar-refractivity contribution in [3.8, 4) is 5.75 Å². The summed E-state index contributed by atoms with van der Waals surface area (Å²) in [5.74, 6) is -0.0227. The van der Waals surface area contributed by atoms with E-state index in [0.29, 0.717) is 17.0 Å². The minimum absolute atomic E-state index is 0.151. The molecule has 0 fully saturated rings. The molecular weight excluding hydrogens is 316 g/mol. The Bertz CT molecular complexity index is 789. The van der Waals surface area contributed by atoms with Crippen molar-refractivity contribution < 1.29 is 17.9 Å². The van der Waals surface area contributed by atoms with E-state index in [4.69, 9.17) is 4.74 Å². The highest BCUT2D eigenvalue weighted by Crippen LogP contribution is 2.29. The first kappa shape index (κ1) is 16.8. The SMILES string of the molecule is COc1ccc(NC(C)=O)cc1NS(=O)(=O)Cc1ccccc1. The van der Waals surface area contributed by atoms with E-state index < -0.39 is 10.0 Å². The number of anilines is 2. The zero-order valence-electron chi connectivity index (χ0n) is 12.9. The molecule has 2 rings (SSSR count). The Morgan fingerprint density at radius 1 is 1.13 bits per heavy atom. The normalized spacial score (nSPS) is 10.9. The smallest absolute Gasteiger partial charge is 0.237 e. The highest BCUT2D eigenvalue weighted by atomic mass is 32.2. The van der Waals surface area contributed by atoms with Crippen molar-refractivity contribution >= 4 is 27.3 Å². The summed E-state index contributed by atoms with van der Waals surface area (Å²) in [7, 11) is -2.16. The van der Waals surface area contributed by atoms with Gasteiger partial charge in [-0.1, -0.05) is 30.3 Å². The molecule has 0 aliphatic heterocycles. The summed E-state index contributed by atoms with van der Waals surface area (Å²) in [6, 6.07) is 13.6. The molecule has 0 saturated heterocycles. The molecule has 0 heterocycles. The van der Waals surface area contributed by atoms with Gasteiger partial charge in [-0.15, -0.1) is 0 Å². The lowest BCUT2D eigenvalue weighted by atomic mass is 10.2. The molecule has 0 atom stereocenters. The van der Waals surface area contributed by atoms with Crippen LogP contribution in [0.25, 0.3) is 0 Å². The molecule has 2 aromatic carbocycles. The molecule has 23 heavy (non-hydrogen) atoms. The summed E-state index contributed by atoms with van der Waals surface area (Å²) in [6.07, 6.45) is 0. The summed E-state index contributed by atoms with van der Waals surface area (Å²) in [4.78, 5) is 11.1. The molecule has 0 spiro atoms. The Labute approximate surface area is 135 Å². The van der Waals surface area contributed by atoms with Crippen molar-refractivity contribution in [2.75, 3.05) is 17.1 Å². The predicted molar refractivity (Wildman–Crippen MR) is 90.0 cm³/mol. The quantitative estimate of drug-likeness (QED) is 0.850. The van der Waals surface area contributed by atoms with E-state index in [9.17, 15) is 13.2 Å². The molecule has 0 unspecified atom stereocenters. The lowest BCUT2D eigenvalue weighted by Crippen LogP contribution is -2.16. The maximum atomic E-state index is 12.3. The topological polar surface area (TPSA) is 84.5 Å². The summed E-state index contributed by atoms with van der Waals surface area (Å²) in [6.45, 7) is 1.38. The second-order valence-electron chi connectivity index (χ2n) is 4.94. The maximum Gasteiger partial charge on any atom is 0.237 e. The number of carbonyl (C=O) groups is 1. The third kappa shape index (κ3) is 5.00. The predicted octanol–water partition coefficient (Wildman–Crippen LogP) is 2.60. The van der Waals surface area contributed by atoms with Crippen molar-refractivity contribution in [2.24, 2.45) is 0 Å². The van der Waals surface area contributed by atoms with Crippen molar-refractivity contribution in [3.63, 3.8) is 0 Å². The third-order valence-corrected chi connectivity index (χ3v) is 4.23. The molecule has 7 heteroatoms. The number of carbonyl (C=O) groups excluding carboxylic acids is 1. The van der Waals surface area contributed by atoms with Crippen LogP contribution in [-0.4, -0.2) is 21.4 Å². The van der Waals surface area contributed by atoms with Gasteiger partial charge in [0, 0.05) is 12.6 Å². The van der Waals surface area contributed by atoms with Crippen molar-refractivity contribution in [3.05, 3.63) is 54.1 Å². The van der Waals surface area contributed by atoms with E-state index in [-0.39, 0.29) is 17.3 Å². The van der Waals surface area contributed by atoms with Crippen LogP contribution in [0.3, 0.4) is 0 Å². The Morgan fingerprint density at radius 3 is 2.43 bits per heavy atom. The van der Waals surface area contributed by atoms with Gasteiger partial charge in [-0.2, -0.15) is 0 Å². The fourth-order valence-corrected chi connectivity index (χ4v) is 3.26. The summed E-state index contributed by atoms with van der Waals surface area (Å²) in [5, 5.41) is 2.60. The molecule has 0 radical (unpaired) electrons. The number of ether oxygens (including phenoxy) is 1. The molecule has 2 aromatic rings. The van der Waals surface area contributed by atoms with Crippen molar-refractivity contribution in [1.82, 2.24) is 0 Å². The number of hydrogen-bond donors (Lipinski definition) is 2. The van der Waals surface area contributed by atoms with Crippen molar-refractivity contribution in [1.29, 1.82) is 0 Å². The van der Waals surface area contributed by atoms with Gasteiger partial charge >= 0.3 is 0 Å². The van der Waals surface area contributed by atoms with E-state index in [1.54, 1.807) is 36.4 Å². The first-order chi connectivity index (χ1) is 10.9. The molecule has 0 aromatic heterocycles. The van der Waals surface area contributed by atoms with Gasteiger partial charge in [0.15, 0.2) is 0 Å². The van der Waals surface area contributed by atoms with E-state index in [0.717, 1.165) is 0 Å². The molecule has 0 aliphatic rings. The lowest BCUT2D eigenvalue weighted by molar-refractivity contribution is -0.114. The number of sulfonamides is 1. The molecule has 0 bridgehead atoms. The zero-order chi connectivity index (χ0) is 16.9. The van der Waals surface area contributed by atoms with Crippen LogP contribution in [0.4, 0.5) is 11.4 Å². The lowest BCUT2D eigenvalue weighted by Gasteiger charge is -2.13. The molecule has 2 N–H and O–H groups in total. The van der Waals surface area contributed by atoms with Crippen LogP contribution in [-0.2, 0) is 20.6 Å². The molecule has 0 aliphatic carbocycles. The third-order valence-electron chi connectivity index (χ3n) is 2.98. The molecular formula is C16H18N2O4S. The number of amides is 1. The Morgan fingerprint density at radius 2 is 1.83 bits per heavy atom. The second-order valence-corrected chi connectivity index (χ2v) is 6.67. The number of hydrogen-bond acceptors (Lipinski definition) is 4. The van der Waals surface area contributed by atoms with Crippen LogP contribution >= 0.6 is 0 Å². The van der Waals surface area contributed by atoms with Gasteiger partial charge < -0.3 is 10.1 Å². The van der Waals surface area contributed by atoms with Crippen LogP contribution in [0.1, 0.15) is 12.5 Å². The van der Waals surface area contributed by atoms with E-state index >= 15 is 0 Å². The fraction of sp³-hybridized carbons (Fsp3) is 0.188. The minimum Gasteiger partial charge on any atom is -0.495 e. The zero-order valence-corrected chi connectivity index (χ0v) is 13.7. The highest BCUT2D eigenvalue weighted by Gasteiger charge is 2.15. The van der Waals surface area contributed by atoms with E-state index in [1.165, 1.54) is 20.1 Å². The summed E-state index contributed by atoms with van der Waals surface area (Å²) in [5.41, 5.74) is 1.43. The first-order valence-corrected chi connectivity index (χ1v) is 8.55. The Hall–Kier alpha value is -2.54. The van der Waals surface area contributed by atoms with Gasteiger partial charge in [0.1, 0.15) is 5.75 Å². The number of benzene rings is 2. The maximum absolute atomic E-state index is 12.3. The van der Waals surface area contributed by atoms with Crippen LogP contribution in [0, 0.1) is 0 Å². The fourth-order valence-electron chi connectivity index (χ4n) is 2.07. The van der Waals surface area contributed by atoms with Crippen LogP contribution in [0.2, 0.25) is 0 Å². The standard InChI is InChI=1S/C16H18N2O4S/c1-12(19)17-14-8-9-16(22-2)15(10-14)18-23(20,21)11-13-6-4-3-5-7-13/h3-10,18H,11H2,1-2H3,(H,17,19). The number of nitrogens with one attached hydrogen (secondary N) is 2. The summed E-state index contributed by atoms with van der Waals surface area (Å²) < 4.78 is 32.3. The minimum atomic E-state index is -3.61. The van der Waals surface area contributed by atoms with Crippen LogP contribution < -0.4 is 14.8 Å². The van der Waals surface area contributed by atoms with Gasteiger partial charge in [-0.05, 0) is 23.8 Å². The number of rotatable bonds is 6. The largest absolute Gasteiger partial charge is 0.495 e. The van der Waals surface area contributed by atoms with E-state index in [2.05, 4.69) is 10.0 Å². The molecule has 122 valence electrons. The van der Waals surface area contributed by atoms with Crippen LogP contribution in [0.15, 0.2) is 48.5 Å². The van der Waals surface area contributed by atoms with Gasteiger partial charge in [0.2, 0.25) is 15.9 Å². The summed E-state index contributed by atoms with van der Waals surface area (Å²) >= 11 is 0. The molecule has 1 amide bonds. The number of methoxy groups -OCH3 is 1. The monoisotopic (exact) mass is 334 g/mol. The Balaban J connectivity index is 2.24. The Kier molecular flexibility index (Phi) is 5.23. The molecule has 6 nitrogen and oxygen atoms in total. The van der Waals surface area contributed by atoms with Gasteiger partial charge in [-0.25, -0.2) is 8.42 Å². The van der Waals surface area contributed by atoms with E-state index in [1.807, 2.05) is 6.07 Å². The first-order valence-electron chi connectivity index (χ1n) is 6.89. The molecule has 0 saturated carbocycles. The van der Waals surface area contributed by atoms with Gasteiger partial charge in [-0.3, -0.25) is 9.52 Å². The average molecular weight is 334 g/mol. The van der Waals surface area contributed by atoms with Crippen molar-refractivity contribution in [2.45, 2.75) is 12.7 Å².